The number of fused-ring (bicyclic) bond motifs is 1. The van der Waals surface area contributed by atoms with Gasteiger partial charge in [-0.1, -0.05) is 53.5 Å². The summed E-state index contributed by atoms with van der Waals surface area (Å²) in [5, 5.41) is 7.41. The van der Waals surface area contributed by atoms with Crippen molar-refractivity contribution in [2.45, 2.75) is 67.6 Å². The molecule has 2 aromatic carbocycles. The molecular formula is C28H36Cl2N4O5S. The van der Waals surface area contributed by atoms with E-state index in [9.17, 15) is 13.2 Å². The minimum absolute atomic E-state index is 0.0222. The van der Waals surface area contributed by atoms with Crippen molar-refractivity contribution in [3.8, 4) is 0 Å². The molecule has 0 aliphatic carbocycles. The van der Waals surface area contributed by atoms with Crippen molar-refractivity contribution < 1.29 is 23.1 Å². The average Bonchev–Trinajstić information content (AvgIpc) is 3.29. The predicted octanol–water partition coefficient (Wildman–Crippen LogP) is 3.48. The Kier molecular flexibility index (Phi) is 10.5. The van der Waals surface area contributed by atoms with Crippen LogP contribution in [0.5, 0.6) is 0 Å². The van der Waals surface area contributed by atoms with Crippen molar-refractivity contribution in [3.63, 3.8) is 0 Å². The van der Waals surface area contributed by atoms with Crippen molar-refractivity contribution in [1.82, 2.24) is 14.1 Å². The summed E-state index contributed by atoms with van der Waals surface area (Å²) in [5.74, 6) is 0.0916. The summed E-state index contributed by atoms with van der Waals surface area (Å²) in [4.78, 5) is 26.6. The molecule has 3 fully saturated rings. The van der Waals surface area contributed by atoms with Crippen LogP contribution in [0.25, 0.3) is 0 Å². The molecule has 9 nitrogen and oxygen atoms in total. The van der Waals surface area contributed by atoms with Gasteiger partial charge in [0.05, 0.1) is 21.0 Å². The van der Waals surface area contributed by atoms with Gasteiger partial charge in [0.1, 0.15) is 0 Å². The molecule has 1 unspecified atom stereocenters. The monoisotopic (exact) mass is 610 g/mol. The van der Waals surface area contributed by atoms with Crippen LogP contribution in [0.2, 0.25) is 10.0 Å². The topological polar surface area (TPSA) is 124 Å². The van der Waals surface area contributed by atoms with Gasteiger partial charge in [-0.2, -0.15) is 4.31 Å². The maximum atomic E-state index is 13.8. The lowest BCUT2D eigenvalue weighted by atomic mass is 10.0. The first-order valence-corrected chi connectivity index (χ1v) is 15.7. The largest absolute Gasteiger partial charge is 0.483 e. The van der Waals surface area contributed by atoms with Crippen LogP contribution in [-0.4, -0.2) is 90.4 Å². The number of amides is 1. The van der Waals surface area contributed by atoms with E-state index in [0.29, 0.717) is 31.0 Å². The van der Waals surface area contributed by atoms with Crippen LogP contribution in [0.3, 0.4) is 0 Å². The fourth-order valence-electron chi connectivity index (χ4n) is 6.13. The quantitative estimate of drug-likeness (QED) is 0.480. The summed E-state index contributed by atoms with van der Waals surface area (Å²) in [6.07, 6.45) is 4.91. The molecule has 5 rings (SSSR count). The lowest BCUT2D eigenvalue weighted by Crippen LogP contribution is -2.54. The molecule has 0 bridgehead atoms. The molecule has 3 heterocycles. The van der Waals surface area contributed by atoms with Crippen LogP contribution in [0.4, 0.5) is 0 Å². The number of carbonyl (C=O) groups excluding carboxylic acids is 1. The third-order valence-corrected chi connectivity index (χ3v) is 10.7. The Morgan fingerprint density at radius 2 is 1.75 bits per heavy atom. The van der Waals surface area contributed by atoms with Gasteiger partial charge < -0.3 is 15.7 Å². The van der Waals surface area contributed by atoms with E-state index in [0.717, 1.165) is 32.2 Å². The van der Waals surface area contributed by atoms with E-state index in [-0.39, 0.29) is 53.0 Å². The van der Waals surface area contributed by atoms with Gasteiger partial charge in [-0.25, -0.2) is 8.42 Å². The van der Waals surface area contributed by atoms with E-state index in [1.807, 2.05) is 11.0 Å². The Morgan fingerprint density at radius 3 is 2.45 bits per heavy atom. The number of carboxylic acid groups (broad SMARTS) is 1. The third-order valence-electron chi connectivity index (χ3n) is 8.05. The molecule has 12 heteroatoms. The van der Waals surface area contributed by atoms with E-state index in [1.165, 1.54) is 28.1 Å². The van der Waals surface area contributed by atoms with Crippen molar-refractivity contribution in [3.05, 3.63) is 64.1 Å². The van der Waals surface area contributed by atoms with Gasteiger partial charge in [0, 0.05) is 44.3 Å². The zero-order chi connectivity index (χ0) is 28.9. The zero-order valence-corrected chi connectivity index (χ0v) is 24.6. The summed E-state index contributed by atoms with van der Waals surface area (Å²) in [5.41, 5.74) is 7.64. The smallest absolute Gasteiger partial charge is 0.290 e. The minimum atomic E-state index is -3.75. The minimum Gasteiger partial charge on any atom is -0.483 e. The molecule has 0 spiro atoms. The van der Waals surface area contributed by atoms with Crippen molar-refractivity contribution in [2.24, 2.45) is 5.73 Å². The standard InChI is InChI=1S/C27H34Cl2N4O3S.CH2O2/c28-24-11-10-23(16-25(24)29)37(35,36)31-13-4-7-22(18-31)32-14-12-21(9-8-19-5-2-1-3-6-19)33-17-20(30)15-26(33)27(32)34;2-1-3/h1-3,5-6,10-11,16,20-22,26H,4,7-9,12-15,17-18,30H2;1H,(H,2,3)/t20-,21?,22-,26+;/m1./s1. The molecule has 3 aliphatic rings. The van der Waals surface area contributed by atoms with E-state index in [2.05, 4.69) is 29.2 Å². The molecule has 4 atom stereocenters. The Balaban J connectivity index is 0.00000118. The van der Waals surface area contributed by atoms with E-state index < -0.39 is 10.0 Å². The Bertz CT molecular complexity index is 1280. The van der Waals surface area contributed by atoms with E-state index in [4.69, 9.17) is 38.8 Å². The number of aryl methyl sites for hydroxylation is 1. The van der Waals surface area contributed by atoms with Gasteiger partial charge in [0.2, 0.25) is 15.9 Å². The van der Waals surface area contributed by atoms with Crippen LogP contribution in [0.15, 0.2) is 53.4 Å². The highest BCUT2D eigenvalue weighted by Crippen LogP contribution is 2.33. The number of rotatable bonds is 6. The number of nitrogens with zero attached hydrogens (tertiary/aromatic N) is 3. The maximum absolute atomic E-state index is 13.8. The van der Waals surface area contributed by atoms with Gasteiger partial charge in [0.25, 0.3) is 6.47 Å². The van der Waals surface area contributed by atoms with Gasteiger partial charge in [-0.15, -0.1) is 0 Å². The lowest BCUT2D eigenvalue weighted by molar-refractivity contribution is -0.137. The van der Waals surface area contributed by atoms with Crippen molar-refractivity contribution in [2.75, 3.05) is 26.2 Å². The first-order valence-electron chi connectivity index (χ1n) is 13.5. The van der Waals surface area contributed by atoms with Crippen LogP contribution in [0.1, 0.15) is 37.7 Å². The molecule has 0 aromatic heterocycles. The summed E-state index contributed by atoms with van der Waals surface area (Å²) in [6, 6.07) is 14.7. The highest BCUT2D eigenvalue weighted by Gasteiger charge is 2.45. The maximum Gasteiger partial charge on any atom is 0.290 e. The lowest BCUT2D eigenvalue weighted by Gasteiger charge is -2.39. The number of piperidine rings is 1. The summed E-state index contributed by atoms with van der Waals surface area (Å²) < 4.78 is 28.3. The molecule has 218 valence electrons. The first-order chi connectivity index (χ1) is 19.1. The number of carbonyl (C=O) groups is 2. The fraction of sp³-hybridized carbons (Fsp3) is 0.500. The highest BCUT2D eigenvalue weighted by molar-refractivity contribution is 7.89. The molecule has 3 aliphatic heterocycles. The van der Waals surface area contributed by atoms with Gasteiger partial charge >= 0.3 is 0 Å². The number of halogens is 2. The number of nitrogens with two attached hydrogens (primary N) is 1. The Morgan fingerprint density at radius 1 is 1.02 bits per heavy atom. The van der Waals surface area contributed by atoms with E-state index in [1.54, 1.807) is 0 Å². The van der Waals surface area contributed by atoms with Crippen LogP contribution < -0.4 is 5.73 Å². The molecule has 1 amide bonds. The molecule has 40 heavy (non-hydrogen) atoms. The second kappa shape index (κ2) is 13.6. The predicted molar refractivity (Wildman–Crippen MR) is 155 cm³/mol. The molecule has 0 saturated carbocycles. The first kappa shape index (κ1) is 30.7. The molecule has 2 aromatic rings. The van der Waals surface area contributed by atoms with Crippen molar-refractivity contribution in [1.29, 1.82) is 0 Å². The van der Waals surface area contributed by atoms with Gasteiger partial charge in [-0.05, 0) is 62.3 Å². The SMILES string of the molecule is N[C@@H]1C[C@H]2C(=O)N([C@@H]3CCCN(S(=O)(=O)c4ccc(Cl)c(Cl)c4)C3)CCC(CCc3ccccc3)N2C1.O=CO. The van der Waals surface area contributed by atoms with Gasteiger partial charge in [-0.3, -0.25) is 14.5 Å². The summed E-state index contributed by atoms with van der Waals surface area (Å²) in [7, 11) is -3.75. The average molecular weight is 612 g/mol. The molecule has 3 N–H and O–H groups in total. The van der Waals surface area contributed by atoms with E-state index >= 15 is 0 Å². The van der Waals surface area contributed by atoms with Crippen LogP contribution in [-0.2, 0) is 26.0 Å². The molecule has 3 saturated heterocycles. The zero-order valence-electron chi connectivity index (χ0n) is 22.2. The highest BCUT2D eigenvalue weighted by atomic mass is 35.5. The Labute approximate surface area is 245 Å². The third kappa shape index (κ3) is 6.98. The second-order valence-corrected chi connectivity index (χ2v) is 13.3. The van der Waals surface area contributed by atoms with Crippen LogP contribution >= 0.6 is 23.2 Å². The number of benzene rings is 2. The number of hydrogen-bond acceptors (Lipinski definition) is 6. The summed E-state index contributed by atoms with van der Waals surface area (Å²) >= 11 is 12.1. The number of hydrogen-bond donors (Lipinski definition) is 2. The van der Waals surface area contributed by atoms with Gasteiger partial charge in [0.15, 0.2) is 0 Å². The summed E-state index contributed by atoms with van der Waals surface area (Å²) in [6.45, 7) is 1.81. The molecule has 0 radical (unpaired) electrons. The van der Waals surface area contributed by atoms with Crippen LogP contribution in [0, 0.1) is 0 Å². The second-order valence-electron chi connectivity index (χ2n) is 10.5. The molecular weight excluding hydrogens is 575 g/mol. The Hall–Kier alpha value is -2.21. The normalized spacial score (nSPS) is 26.0. The van der Waals surface area contributed by atoms with Crippen molar-refractivity contribution >= 4 is 45.6 Å². The fourth-order valence-corrected chi connectivity index (χ4v) is 8.03. The number of sulfonamides is 1.